The summed E-state index contributed by atoms with van der Waals surface area (Å²) in [5.74, 6) is -1.71. The third kappa shape index (κ3) is 5.88. The first-order chi connectivity index (χ1) is 4.95. The molecule has 0 aliphatic rings. The second-order valence-electron chi connectivity index (χ2n) is 2.23. The second-order valence-corrected chi connectivity index (χ2v) is 3.00. The monoisotopic (exact) mass is 199 g/mol. The van der Waals surface area contributed by atoms with Gasteiger partial charge >= 0.3 is 29.6 Å². The summed E-state index contributed by atoms with van der Waals surface area (Å²) in [4.78, 5) is 20.9. The zero-order valence-corrected chi connectivity index (χ0v) is 10.2. The van der Waals surface area contributed by atoms with Crippen LogP contribution in [-0.2, 0) is 9.59 Å². The Bertz CT molecular complexity index is 174. The standard InChI is InChI=1S/C6H11NO3S.Na/c1-3(6(9)10)7-5(8)4(2)11;/h3-4,11H,1-2H3,(H,7,8)(H,9,10);/q;+1/p-1/t3-,4+;/m1./s1. The molecule has 0 rings (SSSR count). The van der Waals surface area contributed by atoms with Crippen LogP contribution in [0.25, 0.3) is 0 Å². The van der Waals surface area contributed by atoms with Gasteiger partial charge in [0.25, 0.3) is 0 Å². The third-order valence-corrected chi connectivity index (χ3v) is 1.33. The van der Waals surface area contributed by atoms with Gasteiger partial charge in [-0.25, -0.2) is 0 Å². The molecule has 0 aromatic heterocycles. The number of rotatable bonds is 3. The van der Waals surface area contributed by atoms with E-state index in [9.17, 15) is 14.7 Å². The number of hydrogen-bond donors (Lipinski definition) is 2. The summed E-state index contributed by atoms with van der Waals surface area (Å²) in [5.41, 5.74) is 0. The van der Waals surface area contributed by atoms with Crippen molar-refractivity contribution in [2.24, 2.45) is 0 Å². The van der Waals surface area contributed by atoms with Crippen LogP contribution in [0, 0.1) is 0 Å². The fourth-order valence-corrected chi connectivity index (χ4v) is 0.467. The number of carboxylic acids is 1. The number of carbonyl (C=O) groups is 2. The van der Waals surface area contributed by atoms with Crippen LogP contribution in [0.15, 0.2) is 0 Å². The Morgan fingerprint density at radius 3 is 2.08 bits per heavy atom. The van der Waals surface area contributed by atoms with Crippen molar-refractivity contribution in [3.05, 3.63) is 0 Å². The Morgan fingerprint density at radius 2 is 1.83 bits per heavy atom. The normalized spacial score (nSPS) is 13.9. The van der Waals surface area contributed by atoms with Crippen molar-refractivity contribution in [1.82, 2.24) is 5.32 Å². The molecule has 64 valence electrons. The molecule has 0 spiro atoms. The van der Waals surface area contributed by atoms with E-state index in [1.165, 1.54) is 6.92 Å². The average Bonchev–Trinajstić information content (AvgIpc) is 1.87. The Labute approximate surface area is 98.8 Å². The first-order valence-electron chi connectivity index (χ1n) is 3.14. The molecule has 0 heterocycles. The van der Waals surface area contributed by atoms with Crippen molar-refractivity contribution in [3.8, 4) is 0 Å². The van der Waals surface area contributed by atoms with Crippen molar-refractivity contribution < 1.29 is 44.3 Å². The minimum Gasteiger partial charge on any atom is -0.548 e. The summed E-state index contributed by atoms with van der Waals surface area (Å²) >= 11 is 3.81. The zero-order chi connectivity index (χ0) is 9.02. The first kappa shape index (κ1) is 14.8. The van der Waals surface area contributed by atoms with Gasteiger partial charge in [-0.1, -0.05) is 0 Å². The van der Waals surface area contributed by atoms with E-state index in [2.05, 4.69) is 17.9 Å². The number of carbonyl (C=O) groups excluding carboxylic acids is 2. The predicted molar refractivity (Wildman–Crippen MR) is 41.1 cm³/mol. The van der Waals surface area contributed by atoms with E-state index in [4.69, 9.17) is 0 Å². The first-order valence-corrected chi connectivity index (χ1v) is 3.66. The fourth-order valence-electron chi connectivity index (χ4n) is 0.393. The van der Waals surface area contributed by atoms with Crippen molar-refractivity contribution in [2.45, 2.75) is 25.1 Å². The van der Waals surface area contributed by atoms with E-state index in [0.717, 1.165) is 0 Å². The Morgan fingerprint density at radius 1 is 1.42 bits per heavy atom. The molecule has 0 radical (unpaired) electrons. The molecular weight excluding hydrogens is 189 g/mol. The fraction of sp³-hybridized carbons (Fsp3) is 0.667. The van der Waals surface area contributed by atoms with Crippen molar-refractivity contribution in [2.75, 3.05) is 0 Å². The predicted octanol–water partition coefficient (Wildman–Crippen LogP) is -4.44. The van der Waals surface area contributed by atoms with Crippen molar-refractivity contribution >= 4 is 24.5 Å². The molecule has 4 nitrogen and oxygen atoms in total. The number of carboxylic acid groups (broad SMARTS) is 1. The van der Waals surface area contributed by atoms with Gasteiger partial charge in [0.1, 0.15) is 0 Å². The topological polar surface area (TPSA) is 69.2 Å². The molecule has 0 bridgehead atoms. The van der Waals surface area contributed by atoms with Gasteiger partial charge in [-0.15, -0.1) is 0 Å². The molecule has 1 N–H and O–H groups in total. The van der Waals surface area contributed by atoms with E-state index in [-0.39, 0.29) is 29.6 Å². The zero-order valence-electron chi connectivity index (χ0n) is 7.33. The maximum atomic E-state index is 10.8. The number of thiol groups is 1. The van der Waals surface area contributed by atoms with Gasteiger partial charge in [-0.2, -0.15) is 12.6 Å². The summed E-state index contributed by atoms with van der Waals surface area (Å²) in [6, 6.07) is -0.961. The van der Waals surface area contributed by atoms with Crippen LogP contribution in [0.5, 0.6) is 0 Å². The van der Waals surface area contributed by atoms with Crippen LogP contribution in [0.4, 0.5) is 0 Å². The molecule has 0 fully saturated rings. The van der Waals surface area contributed by atoms with Gasteiger partial charge in [0.05, 0.1) is 17.3 Å². The SMILES string of the molecule is C[C@H](S)C(=O)N[C@H](C)C(=O)[O-].[Na+]. The number of amides is 1. The molecule has 2 atom stereocenters. The summed E-state index contributed by atoms with van der Waals surface area (Å²) in [6.45, 7) is 2.89. The van der Waals surface area contributed by atoms with Crippen molar-refractivity contribution in [3.63, 3.8) is 0 Å². The molecule has 1 amide bonds. The van der Waals surface area contributed by atoms with Gasteiger partial charge in [0.2, 0.25) is 5.91 Å². The summed E-state index contributed by atoms with van der Waals surface area (Å²) < 4.78 is 0. The van der Waals surface area contributed by atoms with Gasteiger partial charge in [0.15, 0.2) is 0 Å². The quantitative estimate of drug-likeness (QED) is 0.356. The van der Waals surface area contributed by atoms with Crippen molar-refractivity contribution in [1.29, 1.82) is 0 Å². The minimum atomic E-state index is -1.30. The van der Waals surface area contributed by atoms with E-state index in [1.54, 1.807) is 6.92 Å². The Kier molecular flexibility index (Phi) is 8.34. The summed E-state index contributed by atoms with van der Waals surface area (Å²) in [7, 11) is 0. The average molecular weight is 199 g/mol. The molecule has 0 aromatic carbocycles. The molecule has 6 heteroatoms. The van der Waals surface area contributed by atoms with Crippen LogP contribution in [-0.4, -0.2) is 23.2 Å². The molecule has 0 unspecified atom stereocenters. The largest absolute Gasteiger partial charge is 1.00 e. The Balaban J connectivity index is 0. The Hall–Kier alpha value is 0.290. The van der Waals surface area contributed by atoms with Crippen LogP contribution >= 0.6 is 12.6 Å². The second kappa shape index (κ2) is 6.77. The third-order valence-electron chi connectivity index (χ3n) is 1.09. The van der Waals surface area contributed by atoms with Gasteiger partial charge in [0, 0.05) is 0 Å². The molecule has 0 saturated heterocycles. The van der Waals surface area contributed by atoms with Gasteiger partial charge < -0.3 is 15.2 Å². The maximum absolute atomic E-state index is 10.8. The molecule has 12 heavy (non-hydrogen) atoms. The summed E-state index contributed by atoms with van der Waals surface area (Å²) in [6.07, 6.45) is 0. The minimum absolute atomic E-state index is 0. The van der Waals surface area contributed by atoms with Crippen LogP contribution in [0.1, 0.15) is 13.8 Å². The smallest absolute Gasteiger partial charge is 0.548 e. The van der Waals surface area contributed by atoms with Gasteiger partial charge in [-0.05, 0) is 13.8 Å². The number of hydrogen-bond acceptors (Lipinski definition) is 4. The molecule has 0 aromatic rings. The van der Waals surface area contributed by atoms with E-state index in [0.29, 0.717) is 0 Å². The van der Waals surface area contributed by atoms with E-state index >= 15 is 0 Å². The molecule has 0 aliphatic carbocycles. The van der Waals surface area contributed by atoms with Crippen LogP contribution < -0.4 is 40.0 Å². The number of nitrogens with one attached hydrogen (secondary N) is 1. The van der Waals surface area contributed by atoms with Crippen LogP contribution in [0.2, 0.25) is 0 Å². The van der Waals surface area contributed by atoms with E-state index in [1.807, 2.05) is 0 Å². The van der Waals surface area contributed by atoms with E-state index < -0.39 is 23.2 Å². The molecular formula is C6H10NNaO3S. The molecule has 0 aliphatic heterocycles. The summed E-state index contributed by atoms with van der Waals surface area (Å²) in [5, 5.41) is 11.8. The number of aliphatic carboxylic acids is 1. The maximum Gasteiger partial charge on any atom is 1.00 e. The van der Waals surface area contributed by atoms with Crippen LogP contribution in [0.3, 0.4) is 0 Å². The van der Waals surface area contributed by atoms with Gasteiger partial charge in [-0.3, -0.25) is 4.79 Å². The molecule has 0 saturated carbocycles.